The lowest BCUT2D eigenvalue weighted by atomic mass is 10.1. The van der Waals surface area contributed by atoms with E-state index in [1.54, 1.807) is 30.4 Å². The van der Waals surface area contributed by atoms with E-state index in [0.717, 1.165) is 5.69 Å². The molecule has 0 bridgehead atoms. The minimum Gasteiger partial charge on any atom is -0.396 e. The molecule has 0 saturated heterocycles. The van der Waals surface area contributed by atoms with Crippen molar-refractivity contribution in [2.75, 3.05) is 17.7 Å². The normalized spacial score (nSPS) is 10.4. The third kappa shape index (κ3) is 2.94. The monoisotopic (exact) mass is 207 g/mol. The Morgan fingerprint density at radius 1 is 1.60 bits per heavy atom. The van der Waals surface area contributed by atoms with E-state index >= 15 is 0 Å². The number of aromatic nitrogens is 1. The highest BCUT2D eigenvalue weighted by molar-refractivity contribution is 5.95. The predicted octanol–water partition coefficient (Wildman–Crippen LogP) is 1.67. The van der Waals surface area contributed by atoms with E-state index in [2.05, 4.69) is 4.98 Å². The molecule has 0 unspecified atom stereocenters. The Hall–Kier alpha value is -1.58. The number of nitrogens with two attached hydrogens (primary N) is 1. The third-order valence-electron chi connectivity index (χ3n) is 2.15. The van der Waals surface area contributed by atoms with Crippen LogP contribution in [0.25, 0.3) is 0 Å². The zero-order valence-electron chi connectivity index (χ0n) is 9.40. The SMILES string of the molecule is CC(C)CC(=O)N(C)c1ccncc1N. The number of nitrogens with zero attached hydrogens (tertiary/aromatic N) is 2. The van der Waals surface area contributed by atoms with Gasteiger partial charge in [0.15, 0.2) is 0 Å². The molecule has 0 spiro atoms. The summed E-state index contributed by atoms with van der Waals surface area (Å²) in [5.41, 5.74) is 6.98. The van der Waals surface area contributed by atoms with Gasteiger partial charge in [0.25, 0.3) is 0 Å². The minimum absolute atomic E-state index is 0.0721. The molecule has 1 rings (SSSR count). The second kappa shape index (κ2) is 4.77. The second-order valence-corrected chi connectivity index (χ2v) is 3.99. The van der Waals surface area contributed by atoms with Crippen molar-refractivity contribution in [3.8, 4) is 0 Å². The number of nitrogen functional groups attached to an aromatic ring is 1. The van der Waals surface area contributed by atoms with E-state index in [-0.39, 0.29) is 5.91 Å². The summed E-state index contributed by atoms with van der Waals surface area (Å²) in [5, 5.41) is 0. The van der Waals surface area contributed by atoms with Crippen LogP contribution in [0.5, 0.6) is 0 Å². The van der Waals surface area contributed by atoms with Crippen LogP contribution in [0.15, 0.2) is 18.5 Å². The van der Waals surface area contributed by atoms with Crippen LogP contribution in [-0.4, -0.2) is 17.9 Å². The van der Waals surface area contributed by atoms with E-state index in [1.807, 2.05) is 13.8 Å². The summed E-state index contributed by atoms with van der Waals surface area (Å²) < 4.78 is 0. The predicted molar refractivity (Wildman–Crippen MR) is 61.5 cm³/mol. The van der Waals surface area contributed by atoms with Gasteiger partial charge in [0, 0.05) is 19.7 Å². The van der Waals surface area contributed by atoms with Gasteiger partial charge in [-0.25, -0.2) is 0 Å². The Labute approximate surface area is 90.1 Å². The zero-order valence-corrected chi connectivity index (χ0v) is 9.40. The van der Waals surface area contributed by atoms with Gasteiger partial charge in [0.1, 0.15) is 0 Å². The van der Waals surface area contributed by atoms with E-state index in [9.17, 15) is 4.79 Å². The Morgan fingerprint density at radius 2 is 2.27 bits per heavy atom. The third-order valence-corrected chi connectivity index (χ3v) is 2.15. The van der Waals surface area contributed by atoms with Crippen LogP contribution >= 0.6 is 0 Å². The van der Waals surface area contributed by atoms with Crippen LogP contribution in [0.3, 0.4) is 0 Å². The molecule has 0 radical (unpaired) electrons. The summed E-state index contributed by atoms with van der Waals surface area (Å²) in [6.45, 7) is 4.03. The van der Waals surface area contributed by atoms with Gasteiger partial charge in [-0.15, -0.1) is 0 Å². The highest BCUT2D eigenvalue weighted by Gasteiger charge is 2.14. The van der Waals surface area contributed by atoms with Gasteiger partial charge in [0.2, 0.25) is 5.91 Å². The molecule has 2 N–H and O–H groups in total. The summed E-state index contributed by atoms with van der Waals surface area (Å²) in [6, 6.07) is 1.74. The van der Waals surface area contributed by atoms with Gasteiger partial charge in [-0.3, -0.25) is 9.78 Å². The van der Waals surface area contributed by atoms with Crippen LogP contribution in [0.2, 0.25) is 0 Å². The molecule has 1 heterocycles. The minimum atomic E-state index is 0.0721. The number of carbonyl (C=O) groups is 1. The van der Waals surface area contributed by atoms with Crippen molar-refractivity contribution in [1.82, 2.24) is 4.98 Å². The molecule has 0 aliphatic rings. The van der Waals surface area contributed by atoms with Crippen LogP contribution in [0.4, 0.5) is 11.4 Å². The largest absolute Gasteiger partial charge is 0.396 e. The number of pyridine rings is 1. The first-order valence-corrected chi connectivity index (χ1v) is 4.98. The summed E-state index contributed by atoms with van der Waals surface area (Å²) in [6.07, 6.45) is 3.71. The van der Waals surface area contributed by atoms with Crippen molar-refractivity contribution in [2.45, 2.75) is 20.3 Å². The molecular weight excluding hydrogens is 190 g/mol. The molecule has 15 heavy (non-hydrogen) atoms. The van der Waals surface area contributed by atoms with Crippen LogP contribution in [0.1, 0.15) is 20.3 Å². The summed E-state index contributed by atoms with van der Waals surface area (Å²) in [7, 11) is 1.73. The molecule has 0 fully saturated rings. The molecule has 0 aliphatic heterocycles. The molecule has 0 atom stereocenters. The highest BCUT2D eigenvalue weighted by Crippen LogP contribution is 2.21. The lowest BCUT2D eigenvalue weighted by molar-refractivity contribution is -0.119. The van der Waals surface area contributed by atoms with E-state index in [4.69, 9.17) is 5.73 Å². The lowest BCUT2D eigenvalue weighted by Gasteiger charge is -2.19. The van der Waals surface area contributed by atoms with Crippen LogP contribution < -0.4 is 10.6 Å². The summed E-state index contributed by atoms with van der Waals surface area (Å²) >= 11 is 0. The van der Waals surface area contributed by atoms with Crippen molar-refractivity contribution in [3.05, 3.63) is 18.5 Å². The average molecular weight is 207 g/mol. The smallest absolute Gasteiger partial charge is 0.227 e. The fourth-order valence-electron chi connectivity index (χ4n) is 1.33. The number of carbonyl (C=O) groups excluding carboxylic acids is 1. The Morgan fingerprint density at radius 3 is 2.80 bits per heavy atom. The quantitative estimate of drug-likeness (QED) is 0.820. The molecule has 1 aromatic rings. The Balaban J connectivity index is 2.81. The molecule has 1 amide bonds. The van der Waals surface area contributed by atoms with Gasteiger partial charge in [0.05, 0.1) is 17.6 Å². The van der Waals surface area contributed by atoms with E-state index in [1.165, 1.54) is 0 Å². The van der Waals surface area contributed by atoms with Gasteiger partial charge < -0.3 is 10.6 Å². The maximum atomic E-state index is 11.8. The Bertz CT molecular complexity index is 349. The maximum absolute atomic E-state index is 11.8. The van der Waals surface area contributed by atoms with Gasteiger partial charge in [-0.2, -0.15) is 0 Å². The fraction of sp³-hybridized carbons (Fsp3) is 0.455. The average Bonchev–Trinajstić information content (AvgIpc) is 2.16. The zero-order chi connectivity index (χ0) is 11.4. The highest BCUT2D eigenvalue weighted by atomic mass is 16.2. The van der Waals surface area contributed by atoms with Crippen molar-refractivity contribution in [1.29, 1.82) is 0 Å². The summed E-state index contributed by atoms with van der Waals surface area (Å²) in [5.74, 6) is 0.422. The molecule has 4 heteroatoms. The van der Waals surface area contributed by atoms with E-state index < -0.39 is 0 Å². The molecule has 1 aromatic heterocycles. The van der Waals surface area contributed by atoms with Crippen molar-refractivity contribution < 1.29 is 4.79 Å². The molecule has 0 aromatic carbocycles. The topological polar surface area (TPSA) is 59.2 Å². The first-order valence-electron chi connectivity index (χ1n) is 4.98. The van der Waals surface area contributed by atoms with Gasteiger partial charge in [-0.05, 0) is 12.0 Å². The van der Waals surface area contributed by atoms with Crippen LogP contribution in [-0.2, 0) is 4.79 Å². The first-order chi connectivity index (χ1) is 7.02. The van der Waals surface area contributed by atoms with Crippen LogP contribution in [0, 0.1) is 5.92 Å². The van der Waals surface area contributed by atoms with Crippen molar-refractivity contribution in [2.24, 2.45) is 5.92 Å². The molecule has 4 nitrogen and oxygen atoms in total. The number of hydrogen-bond donors (Lipinski definition) is 1. The molecular formula is C11H17N3O. The molecule has 0 saturated carbocycles. The standard InChI is InChI=1S/C11H17N3O/c1-8(2)6-11(15)14(3)10-4-5-13-7-9(10)12/h4-5,7-8H,6,12H2,1-3H3. The number of hydrogen-bond acceptors (Lipinski definition) is 3. The number of anilines is 2. The number of rotatable bonds is 3. The summed E-state index contributed by atoms with van der Waals surface area (Å²) in [4.78, 5) is 17.2. The fourth-order valence-corrected chi connectivity index (χ4v) is 1.33. The van der Waals surface area contributed by atoms with Crippen molar-refractivity contribution >= 4 is 17.3 Å². The first kappa shape index (κ1) is 11.5. The molecule has 0 aliphatic carbocycles. The number of amides is 1. The van der Waals surface area contributed by atoms with E-state index in [0.29, 0.717) is 18.0 Å². The molecule has 82 valence electrons. The Kier molecular flexibility index (Phi) is 3.66. The van der Waals surface area contributed by atoms with Crippen molar-refractivity contribution in [3.63, 3.8) is 0 Å². The van der Waals surface area contributed by atoms with Gasteiger partial charge in [-0.1, -0.05) is 13.8 Å². The second-order valence-electron chi connectivity index (χ2n) is 3.99. The lowest BCUT2D eigenvalue weighted by Crippen LogP contribution is -2.27. The maximum Gasteiger partial charge on any atom is 0.227 e. The van der Waals surface area contributed by atoms with Gasteiger partial charge >= 0.3 is 0 Å².